The average Bonchev–Trinajstić information content (AvgIpc) is 3.19. The van der Waals surface area contributed by atoms with Crippen LogP contribution >= 0.6 is 27.5 Å². The molecule has 0 saturated heterocycles. The Labute approximate surface area is 164 Å². The number of benzene rings is 1. The van der Waals surface area contributed by atoms with Crippen LogP contribution in [0.1, 0.15) is 18.7 Å². The van der Waals surface area contributed by atoms with Gasteiger partial charge in [-0.1, -0.05) is 17.7 Å². The lowest BCUT2D eigenvalue weighted by molar-refractivity contribution is -0.119. The minimum absolute atomic E-state index is 0.185. The van der Waals surface area contributed by atoms with E-state index >= 15 is 0 Å². The number of aryl methyl sites for hydroxylation is 1. The summed E-state index contributed by atoms with van der Waals surface area (Å²) in [5, 5.41) is 11.9. The number of nitrogens with zero attached hydrogens (tertiary/aromatic N) is 4. The van der Waals surface area contributed by atoms with Gasteiger partial charge in [0.2, 0.25) is 5.91 Å². The Hall–Kier alpha value is -2.32. The lowest BCUT2D eigenvalue weighted by atomic mass is 10.3. The third-order valence-electron chi connectivity index (χ3n) is 3.69. The van der Waals surface area contributed by atoms with Gasteiger partial charge in [-0.05, 0) is 48.0 Å². The van der Waals surface area contributed by atoms with E-state index in [1.807, 2.05) is 19.1 Å². The molecule has 1 N–H and O–H groups in total. The highest BCUT2D eigenvalue weighted by Gasteiger charge is 2.17. The molecule has 2 aromatic heterocycles. The van der Waals surface area contributed by atoms with E-state index in [0.717, 1.165) is 10.2 Å². The molecule has 0 aliphatic heterocycles. The van der Waals surface area contributed by atoms with Crippen molar-refractivity contribution in [3.05, 3.63) is 58.0 Å². The number of nitrogens with one attached hydrogen (secondary N) is 1. The van der Waals surface area contributed by atoms with Crippen LogP contribution < -0.4 is 10.1 Å². The number of ether oxygens (including phenoxy) is 1. The van der Waals surface area contributed by atoms with E-state index in [2.05, 4.69) is 31.4 Å². The number of amides is 1. The standard InChI is InChI=1S/C17H17BrClN5O2/c1-11-16(18)9-24(22-11)12(2)17(25)21-14-7-20-23(8-14)10-26-15-5-3-4-13(19)6-15/h3-9,12H,10H2,1-2H3,(H,21,25). The summed E-state index contributed by atoms with van der Waals surface area (Å²) in [7, 11) is 0. The maximum Gasteiger partial charge on any atom is 0.249 e. The molecule has 0 fully saturated rings. The van der Waals surface area contributed by atoms with Crippen LogP contribution in [0.15, 0.2) is 47.3 Å². The minimum Gasteiger partial charge on any atom is -0.471 e. The first-order valence-electron chi connectivity index (χ1n) is 7.85. The molecule has 0 aliphatic rings. The van der Waals surface area contributed by atoms with Gasteiger partial charge in [-0.15, -0.1) is 0 Å². The zero-order valence-electron chi connectivity index (χ0n) is 14.2. The Balaban J connectivity index is 1.58. The average molecular weight is 439 g/mol. The molecule has 1 atom stereocenters. The number of aromatic nitrogens is 4. The monoisotopic (exact) mass is 437 g/mol. The van der Waals surface area contributed by atoms with Gasteiger partial charge in [0.05, 0.1) is 28.2 Å². The molecule has 26 heavy (non-hydrogen) atoms. The van der Waals surface area contributed by atoms with Gasteiger partial charge in [0.1, 0.15) is 11.8 Å². The minimum atomic E-state index is -0.453. The Morgan fingerprint density at radius 2 is 2.23 bits per heavy atom. The third kappa shape index (κ3) is 4.44. The van der Waals surface area contributed by atoms with Gasteiger partial charge in [0.15, 0.2) is 6.73 Å². The summed E-state index contributed by atoms with van der Waals surface area (Å²) < 4.78 is 9.66. The predicted octanol–water partition coefficient (Wildman–Crippen LogP) is 4.04. The molecule has 0 aliphatic carbocycles. The van der Waals surface area contributed by atoms with Gasteiger partial charge < -0.3 is 10.1 Å². The maximum atomic E-state index is 12.4. The van der Waals surface area contributed by atoms with E-state index in [9.17, 15) is 4.79 Å². The SMILES string of the molecule is Cc1nn(C(C)C(=O)Nc2cnn(COc3cccc(Cl)c3)c2)cc1Br. The van der Waals surface area contributed by atoms with Crippen molar-refractivity contribution in [2.75, 3.05) is 5.32 Å². The van der Waals surface area contributed by atoms with E-state index in [1.54, 1.807) is 47.0 Å². The maximum absolute atomic E-state index is 12.4. The first kappa shape index (κ1) is 18.5. The van der Waals surface area contributed by atoms with E-state index < -0.39 is 6.04 Å². The molecule has 2 heterocycles. The summed E-state index contributed by atoms with van der Waals surface area (Å²) in [6.45, 7) is 3.85. The molecule has 1 unspecified atom stereocenters. The number of hydrogen-bond donors (Lipinski definition) is 1. The second-order valence-corrected chi connectivity index (χ2v) is 7.00. The highest BCUT2D eigenvalue weighted by Crippen LogP contribution is 2.19. The molecule has 1 amide bonds. The van der Waals surface area contributed by atoms with Crippen LogP contribution in [0.4, 0.5) is 5.69 Å². The lowest BCUT2D eigenvalue weighted by Crippen LogP contribution is -2.24. The molecule has 0 spiro atoms. The molecule has 0 bridgehead atoms. The number of carbonyl (C=O) groups excluding carboxylic acids is 1. The molecule has 9 heteroatoms. The smallest absolute Gasteiger partial charge is 0.249 e. The van der Waals surface area contributed by atoms with Crippen molar-refractivity contribution in [1.29, 1.82) is 0 Å². The van der Waals surface area contributed by atoms with Gasteiger partial charge in [0, 0.05) is 11.2 Å². The van der Waals surface area contributed by atoms with Crippen molar-refractivity contribution in [3.63, 3.8) is 0 Å². The second-order valence-electron chi connectivity index (χ2n) is 5.71. The summed E-state index contributed by atoms with van der Waals surface area (Å²) in [5.74, 6) is 0.460. The fraction of sp³-hybridized carbons (Fsp3) is 0.235. The van der Waals surface area contributed by atoms with Crippen molar-refractivity contribution in [1.82, 2.24) is 19.6 Å². The fourth-order valence-corrected chi connectivity index (χ4v) is 2.69. The van der Waals surface area contributed by atoms with E-state index in [0.29, 0.717) is 16.5 Å². The Kier molecular flexibility index (Phi) is 5.63. The highest BCUT2D eigenvalue weighted by atomic mass is 79.9. The Bertz CT molecular complexity index is 904. The molecular formula is C17H17BrClN5O2. The van der Waals surface area contributed by atoms with E-state index in [1.165, 1.54) is 0 Å². The third-order valence-corrected chi connectivity index (χ3v) is 4.71. The molecule has 1 aromatic carbocycles. The second kappa shape index (κ2) is 7.92. The van der Waals surface area contributed by atoms with Gasteiger partial charge in [-0.2, -0.15) is 10.2 Å². The first-order chi connectivity index (χ1) is 12.4. The normalized spacial score (nSPS) is 12.0. The van der Waals surface area contributed by atoms with Crippen molar-refractivity contribution in [3.8, 4) is 5.75 Å². The van der Waals surface area contributed by atoms with Crippen LogP contribution in [0.5, 0.6) is 5.75 Å². The van der Waals surface area contributed by atoms with Crippen molar-refractivity contribution in [2.24, 2.45) is 0 Å². The first-order valence-corrected chi connectivity index (χ1v) is 9.02. The quantitative estimate of drug-likeness (QED) is 0.630. The highest BCUT2D eigenvalue weighted by molar-refractivity contribution is 9.10. The Morgan fingerprint density at radius 3 is 2.92 bits per heavy atom. The van der Waals surface area contributed by atoms with Crippen molar-refractivity contribution >= 4 is 39.1 Å². The summed E-state index contributed by atoms with van der Waals surface area (Å²) in [5.41, 5.74) is 1.41. The van der Waals surface area contributed by atoms with Crippen LogP contribution in [0, 0.1) is 6.92 Å². The zero-order valence-corrected chi connectivity index (χ0v) is 16.5. The van der Waals surface area contributed by atoms with Gasteiger partial charge >= 0.3 is 0 Å². The molecular weight excluding hydrogens is 422 g/mol. The number of halogens is 2. The number of anilines is 1. The molecule has 3 aromatic rings. The largest absolute Gasteiger partial charge is 0.471 e. The predicted molar refractivity (Wildman–Crippen MR) is 102 cm³/mol. The number of carbonyl (C=O) groups is 1. The van der Waals surface area contributed by atoms with Crippen molar-refractivity contribution < 1.29 is 9.53 Å². The zero-order chi connectivity index (χ0) is 18.7. The molecule has 136 valence electrons. The molecule has 3 rings (SSSR count). The van der Waals surface area contributed by atoms with Crippen LogP contribution in [0.3, 0.4) is 0 Å². The summed E-state index contributed by atoms with van der Waals surface area (Å²) in [4.78, 5) is 12.4. The van der Waals surface area contributed by atoms with Crippen LogP contribution in [0.25, 0.3) is 0 Å². The fourth-order valence-electron chi connectivity index (χ4n) is 2.22. The van der Waals surface area contributed by atoms with Gasteiger partial charge in [-0.3, -0.25) is 9.48 Å². The summed E-state index contributed by atoms with van der Waals surface area (Å²) in [6.07, 6.45) is 5.04. The van der Waals surface area contributed by atoms with Gasteiger partial charge in [0.25, 0.3) is 0 Å². The number of rotatable bonds is 6. The molecule has 7 nitrogen and oxygen atoms in total. The number of hydrogen-bond acceptors (Lipinski definition) is 4. The van der Waals surface area contributed by atoms with E-state index in [-0.39, 0.29) is 12.6 Å². The lowest BCUT2D eigenvalue weighted by Gasteiger charge is -2.11. The molecule has 0 saturated carbocycles. The Morgan fingerprint density at radius 1 is 1.42 bits per heavy atom. The molecule has 0 radical (unpaired) electrons. The van der Waals surface area contributed by atoms with E-state index in [4.69, 9.17) is 16.3 Å². The topological polar surface area (TPSA) is 74.0 Å². The van der Waals surface area contributed by atoms with Crippen LogP contribution in [0.2, 0.25) is 5.02 Å². The van der Waals surface area contributed by atoms with Crippen LogP contribution in [-0.4, -0.2) is 25.5 Å². The van der Waals surface area contributed by atoms with Gasteiger partial charge in [-0.25, -0.2) is 4.68 Å². The summed E-state index contributed by atoms with van der Waals surface area (Å²) in [6, 6.07) is 6.66. The van der Waals surface area contributed by atoms with Crippen LogP contribution in [-0.2, 0) is 11.5 Å². The van der Waals surface area contributed by atoms with Crippen molar-refractivity contribution in [2.45, 2.75) is 26.6 Å². The summed E-state index contributed by atoms with van der Waals surface area (Å²) >= 11 is 9.31.